The number of hydrogen-bond acceptors (Lipinski definition) is 2. The number of ether oxygens (including phenoxy) is 1. The Bertz CT molecular complexity index is 166. The first-order valence-corrected chi connectivity index (χ1v) is 3.07. The Balaban J connectivity index is 2.19. The Morgan fingerprint density at radius 3 is 2.78 bits per heavy atom. The van der Waals surface area contributed by atoms with E-state index < -0.39 is 11.4 Å². The first-order chi connectivity index (χ1) is 4.26. The molecule has 1 saturated carbocycles. The maximum absolute atomic E-state index is 10.5. The molecule has 50 valence electrons. The molecule has 0 unspecified atom stereocenters. The second-order valence-corrected chi connectivity index (χ2v) is 2.88. The van der Waals surface area contributed by atoms with E-state index in [1.807, 2.05) is 0 Å². The quantitative estimate of drug-likeness (QED) is 0.545. The number of carbonyl (C=O) groups is 1. The molecule has 2 fully saturated rings. The van der Waals surface area contributed by atoms with E-state index in [2.05, 4.69) is 0 Å². The van der Waals surface area contributed by atoms with Crippen molar-refractivity contribution in [2.45, 2.75) is 6.42 Å². The number of carboxylic acids is 1. The van der Waals surface area contributed by atoms with Crippen molar-refractivity contribution in [3.63, 3.8) is 0 Å². The van der Waals surface area contributed by atoms with Gasteiger partial charge in [-0.25, -0.2) is 0 Å². The van der Waals surface area contributed by atoms with Crippen LogP contribution in [-0.4, -0.2) is 24.3 Å². The van der Waals surface area contributed by atoms with Crippen LogP contribution in [0.1, 0.15) is 6.42 Å². The van der Waals surface area contributed by atoms with E-state index in [0.29, 0.717) is 19.1 Å². The Labute approximate surface area is 52.6 Å². The molecule has 0 radical (unpaired) electrons. The molecule has 1 aliphatic heterocycles. The highest BCUT2D eigenvalue weighted by Gasteiger charge is 2.64. The molecule has 9 heavy (non-hydrogen) atoms. The van der Waals surface area contributed by atoms with E-state index in [1.54, 1.807) is 0 Å². The third-order valence-electron chi connectivity index (χ3n) is 2.34. The fourth-order valence-electron chi connectivity index (χ4n) is 1.48. The van der Waals surface area contributed by atoms with E-state index >= 15 is 0 Å². The molecule has 2 atom stereocenters. The van der Waals surface area contributed by atoms with Gasteiger partial charge in [-0.2, -0.15) is 0 Å². The second kappa shape index (κ2) is 1.29. The van der Waals surface area contributed by atoms with E-state index in [0.717, 1.165) is 6.42 Å². The summed E-state index contributed by atoms with van der Waals surface area (Å²) in [5.74, 6) is -0.347. The van der Waals surface area contributed by atoms with Gasteiger partial charge in [-0.15, -0.1) is 0 Å². The van der Waals surface area contributed by atoms with Crippen molar-refractivity contribution in [1.29, 1.82) is 0 Å². The molecule has 1 aliphatic carbocycles. The molecule has 2 aliphatic rings. The molecule has 1 saturated heterocycles. The molecular weight excluding hydrogens is 120 g/mol. The highest BCUT2D eigenvalue weighted by Crippen LogP contribution is 2.56. The van der Waals surface area contributed by atoms with Gasteiger partial charge >= 0.3 is 5.97 Å². The predicted octanol–water partition coefficient (Wildman–Crippen LogP) is 0.108. The van der Waals surface area contributed by atoms with Gasteiger partial charge in [0.05, 0.1) is 18.6 Å². The van der Waals surface area contributed by atoms with Gasteiger partial charge in [0.2, 0.25) is 0 Å². The summed E-state index contributed by atoms with van der Waals surface area (Å²) in [6, 6.07) is 0. The van der Waals surface area contributed by atoms with Gasteiger partial charge < -0.3 is 9.84 Å². The van der Waals surface area contributed by atoms with Crippen LogP contribution >= 0.6 is 0 Å². The van der Waals surface area contributed by atoms with Crippen LogP contribution in [0.25, 0.3) is 0 Å². The summed E-state index contributed by atoms with van der Waals surface area (Å²) in [4.78, 5) is 10.5. The standard InChI is InChI=1S/C6H8O3/c7-5(8)6-1-4(6)2-9-3-6/h4H,1-3H2,(H,7,8)/t4-,6-/m1/s1. The fraction of sp³-hybridized carbons (Fsp3) is 0.833. The van der Waals surface area contributed by atoms with Gasteiger partial charge in [0, 0.05) is 5.92 Å². The predicted molar refractivity (Wildman–Crippen MR) is 29.0 cm³/mol. The van der Waals surface area contributed by atoms with E-state index in [1.165, 1.54) is 0 Å². The molecule has 0 spiro atoms. The minimum absolute atomic E-state index is 0.329. The minimum Gasteiger partial charge on any atom is -0.481 e. The monoisotopic (exact) mass is 128 g/mol. The van der Waals surface area contributed by atoms with E-state index in [4.69, 9.17) is 9.84 Å². The lowest BCUT2D eigenvalue weighted by atomic mass is 10.1. The molecule has 0 aromatic carbocycles. The minimum atomic E-state index is -0.676. The van der Waals surface area contributed by atoms with Gasteiger partial charge in [0.15, 0.2) is 0 Å². The van der Waals surface area contributed by atoms with Gasteiger partial charge in [0.1, 0.15) is 0 Å². The van der Waals surface area contributed by atoms with Crippen LogP contribution in [0.5, 0.6) is 0 Å². The molecule has 1 N–H and O–H groups in total. The molecule has 0 bridgehead atoms. The smallest absolute Gasteiger partial charge is 0.312 e. The summed E-state index contributed by atoms with van der Waals surface area (Å²) in [5.41, 5.74) is -0.444. The number of aliphatic carboxylic acids is 1. The van der Waals surface area contributed by atoms with Crippen molar-refractivity contribution >= 4 is 5.97 Å². The summed E-state index contributed by atoms with van der Waals surface area (Å²) in [7, 11) is 0. The molecule has 3 heteroatoms. The van der Waals surface area contributed by atoms with Crippen molar-refractivity contribution in [3.05, 3.63) is 0 Å². The number of rotatable bonds is 1. The number of carboxylic acid groups (broad SMARTS) is 1. The Morgan fingerprint density at radius 2 is 2.56 bits per heavy atom. The SMILES string of the molecule is O=C(O)[C@]12COC[C@H]1C2. The van der Waals surface area contributed by atoms with Crippen LogP contribution in [0.4, 0.5) is 0 Å². The lowest BCUT2D eigenvalue weighted by Crippen LogP contribution is -2.18. The third-order valence-corrected chi connectivity index (χ3v) is 2.34. The first-order valence-electron chi connectivity index (χ1n) is 3.07. The summed E-state index contributed by atoms with van der Waals surface area (Å²) < 4.78 is 4.99. The third kappa shape index (κ3) is 0.477. The molecule has 2 rings (SSSR count). The highest BCUT2D eigenvalue weighted by atomic mass is 16.5. The lowest BCUT2D eigenvalue weighted by molar-refractivity contribution is -0.144. The van der Waals surface area contributed by atoms with Crippen LogP contribution in [0, 0.1) is 11.3 Å². The van der Waals surface area contributed by atoms with Crippen molar-refractivity contribution in [2.24, 2.45) is 11.3 Å². The summed E-state index contributed by atoms with van der Waals surface area (Å²) in [5, 5.41) is 8.63. The molecular formula is C6H8O3. The van der Waals surface area contributed by atoms with Crippen LogP contribution in [0.2, 0.25) is 0 Å². The number of hydrogen-bond donors (Lipinski definition) is 1. The van der Waals surface area contributed by atoms with Gasteiger partial charge in [0.25, 0.3) is 0 Å². The zero-order chi connectivity index (χ0) is 6.48. The molecule has 0 aromatic rings. The highest BCUT2D eigenvalue weighted by molar-refractivity contribution is 5.79. The Hall–Kier alpha value is -0.570. The maximum atomic E-state index is 10.5. The second-order valence-electron chi connectivity index (χ2n) is 2.88. The van der Waals surface area contributed by atoms with Crippen molar-refractivity contribution in [3.8, 4) is 0 Å². The average Bonchev–Trinajstić information content (AvgIpc) is 2.38. The van der Waals surface area contributed by atoms with Crippen molar-refractivity contribution in [2.75, 3.05) is 13.2 Å². The summed E-state index contributed by atoms with van der Waals surface area (Å²) >= 11 is 0. The van der Waals surface area contributed by atoms with Crippen molar-refractivity contribution < 1.29 is 14.6 Å². The van der Waals surface area contributed by atoms with E-state index in [9.17, 15) is 4.79 Å². The molecule has 3 nitrogen and oxygen atoms in total. The maximum Gasteiger partial charge on any atom is 0.312 e. The first kappa shape index (κ1) is 5.23. The molecule has 1 heterocycles. The molecule has 0 aromatic heterocycles. The largest absolute Gasteiger partial charge is 0.481 e. The average molecular weight is 128 g/mol. The van der Waals surface area contributed by atoms with Gasteiger partial charge in [-0.3, -0.25) is 4.79 Å². The molecule has 0 amide bonds. The normalized spacial score (nSPS) is 46.4. The fourth-order valence-corrected chi connectivity index (χ4v) is 1.48. The Morgan fingerprint density at radius 1 is 1.78 bits per heavy atom. The van der Waals surface area contributed by atoms with Gasteiger partial charge in [-0.05, 0) is 6.42 Å². The van der Waals surface area contributed by atoms with Crippen LogP contribution < -0.4 is 0 Å². The Kier molecular flexibility index (Phi) is 0.750. The van der Waals surface area contributed by atoms with Crippen LogP contribution in [0.3, 0.4) is 0 Å². The van der Waals surface area contributed by atoms with Gasteiger partial charge in [-0.1, -0.05) is 0 Å². The zero-order valence-corrected chi connectivity index (χ0v) is 4.96. The van der Waals surface area contributed by atoms with Crippen molar-refractivity contribution in [1.82, 2.24) is 0 Å². The van der Waals surface area contributed by atoms with E-state index in [-0.39, 0.29) is 0 Å². The lowest BCUT2D eigenvalue weighted by Gasteiger charge is -2.00. The van der Waals surface area contributed by atoms with Crippen LogP contribution in [-0.2, 0) is 9.53 Å². The van der Waals surface area contributed by atoms with Crippen LogP contribution in [0.15, 0.2) is 0 Å². The zero-order valence-electron chi connectivity index (χ0n) is 4.96. The summed E-state index contributed by atoms with van der Waals surface area (Å²) in [6.07, 6.45) is 0.836. The summed E-state index contributed by atoms with van der Waals surface area (Å²) in [6.45, 7) is 1.10. The topological polar surface area (TPSA) is 46.5 Å². The number of fused-ring (bicyclic) bond motifs is 1.